The van der Waals surface area contributed by atoms with Crippen molar-refractivity contribution in [1.82, 2.24) is 0 Å². The second-order valence-corrected chi connectivity index (χ2v) is 3.64. The summed E-state index contributed by atoms with van der Waals surface area (Å²) in [7, 11) is 0. The van der Waals surface area contributed by atoms with Crippen LogP contribution in [-0.2, 0) is 4.79 Å². The zero-order valence-electron chi connectivity index (χ0n) is 9.29. The fraction of sp³-hybridized carbons (Fsp3) is 0.333. The van der Waals surface area contributed by atoms with Gasteiger partial charge in [-0.05, 0) is 37.1 Å². The monoisotopic (exact) mass is 217 g/mol. The summed E-state index contributed by atoms with van der Waals surface area (Å²) in [6.45, 7) is 2.60. The van der Waals surface area contributed by atoms with Crippen LogP contribution < -0.4 is 11.1 Å². The SMILES string of the molecule is Cc1cc(NCCCC(N)=O)ccc1C#N. The topological polar surface area (TPSA) is 78.9 Å². The smallest absolute Gasteiger partial charge is 0.217 e. The molecule has 0 fully saturated rings. The Balaban J connectivity index is 2.47. The van der Waals surface area contributed by atoms with Crippen molar-refractivity contribution >= 4 is 11.6 Å². The average molecular weight is 217 g/mol. The van der Waals surface area contributed by atoms with Crippen molar-refractivity contribution in [2.45, 2.75) is 19.8 Å². The third-order valence-corrected chi connectivity index (χ3v) is 2.28. The summed E-state index contributed by atoms with van der Waals surface area (Å²) >= 11 is 0. The molecule has 3 N–H and O–H groups in total. The van der Waals surface area contributed by atoms with Crippen molar-refractivity contribution in [3.63, 3.8) is 0 Å². The maximum Gasteiger partial charge on any atom is 0.217 e. The Morgan fingerprint density at radius 2 is 2.31 bits per heavy atom. The maximum atomic E-state index is 10.5. The van der Waals surface area contributed by atoms with E-state index in [1.54, 1.807) is 6.07 Å². The molecule has 4 nitrogen and oxygen atoms in total. The Morgan fingerprint density at radius 3 is 2.88 bits per heavy atom. The van der Waals surface area contributed by atoms with Crippen molar-refractivity contribution in [3.8, 4) is 6.07 Å². The van der Waals surface area contributed by atoms with Gasteiger partial charge in [-0.25, -0.2) is 0 Å². The molecule has 0 saturated heterocycles. The molecule has 0 aromatic heterocycles. The van der Waals surface area contributed by atoms with Gasteiger partial charge in [-0.1, -0.05) is 0 Å². The summed E-state index contributed by atoms with van der Waals surface area (Å²) < 4.78 is 0. The first-order chi connectivity index (χ1) is 7.63. The standard InChI is InChI=1S/C12H15N3O/c1-9-7-11(5-4-10(9)8-13)15-6-2-3-12(14)16/h4-5,7,15H,2-3,6H2,1H3,(H2,14,16). The zero-order valence-corrected chi connectivity index (χ0v) is 9.29. The van der Waals surface area contributed by atoms with Crippen LogP contribution in [0.3, 0.4) is 0 Å². The quantitative estimate of drug-likeness (QED) is 0.734. The highest BCUT2D eigenvalue weighted by atomic mass is 16.1. The van der Waals surface area contributed by atoms with E-state index in [1.165, 1.54) is 0 Å². The van der Waals surface area contributed by atoms with Gasteiger partial charge in [0, 0.05) is 18.7 Å². The molecule has 0 atom stereocenters. The summed E-state index contributed by atoms with van der Waals surface area (Å²) in [5.74, 6) is -0.280. The maximum absolute atomic E-state index is 10.5. The summed E-state index contributed by atoms with van der Waals surface area (Å²) in [6, 6.07) is 7.68. The minimum Gasteiger partial charge on any atom is -0.385 e. The molecule has 84 valence electrons. The molecular formula is C12H15N3O. The third kappa shape index (κ3) is 3.62. The molecule has 1 rings (SSSR count). The number of carbonyl (C=O) groups excluding carboxylic acids is 1. The van der Waals surface area contributed by atoms with Crippen molar-refractivity contribution in [2.75, 3.05) is 11.9 Å². The minimum atomic E-state index is -0.280. The summed E-state index contributed by atoms with van der Waals surface area (Å²) in [6.07, 6.45) is 1.11. The molecule has 0 aliphatic heterocycles. The minimum absolute atomic E-state index is 0.280. The molecule has 0 saturated carbocycles. The molecule has 0 spiro atoms. The number of hydrogen-bond acceptors (Lipinski definition) is 3. The van der Waals surface area contributed by atoms with Crippen LogP contribution in [0.15, 0.2) is 18.2 Å². The summed E-state index contributed by atoms with van der Waals surface area (Å²) in [4.78, 5) is 10.5. The predicted octanol–water partition coefficient (Wildman–Crippen LogP) is 1.54. The lowest BCUT2D eigenvalue weighted by Gasteiger charge is -2.07. The van der Waals surface area contributed by atoms with Crippen LogP contribution in [0.2, 0.25) is 0 Å². The second kappa shape index (κ2) is 5.76. The van der Waals surface area contributed by atoms with E-state index in [0.717, 1.165) is 11.3 Å². The molecule has 0 aliphatic rings. The number of nitrogens with two attached hydrogens (primary N) is 1. The Labute approximate surface area is 95.1 Å². The van der Waals surface area contributed by atoms with Crippen LogP contribution in [-0.4, -0.2) is 12.5 Å². The van der Waals surface area contributed by atoms with Gasteiger partial charge in [-0.3, -0.25) is 4.79 Å². The number of hydrogen-bond donors (Lipinski definition) is 2. The third-order valence-electron chi connectivity index (χ3n) is 2.28. The van der Waals surface area contributed by atoms with Gasteiger partial charge in [0.1, 0.15) is 0 Å². The van der Waals surface area contributed by atoms with Crippen molar-refractivity contribution < 1.29 is 4.79 Å². The molecule has 0 bridgehead atoms. The van der Waals surface area contributed by atoms with Gasteiger partial charge in [0.05, 0.1) is 11.6 Å². The van der Waals surface area contributed by atoms with Crippen molar-refractivity contribution in [1.29, 1.82) is 5.26 Å². The lowest BCUT2D eigenvalue weighted by Crippen LogP contribution is -2.12. The predicted molar refractivity (Wildman–Crippen MR) is 62.8 cm³/mol. The number of aryl methyl sites for hydroxylation is 1. The van der Waals surface area contributed by atoms with Gasteiger partial charge in [-0.15, -0.1) is 0 Å². The highest BCUT2D eigenvalue weighted by Gasteiger charge is 1.99. The fourth-order valence-electron chi connectivity index (χ4n) is 1.39. The molecular weight excluding hydrogens is 202 g/mol. The van der Waals surface area contributed by atoms with Crippen LogP contribution in [0.25, 0.3) is 0 Å². The number of benzene rings is 1. The number of nitrogens with zero attached hydrogens (tertiary/aromatic N) is 1. The molecule has 1 aromatic rings. The summed E-state index contributed by atoms with van der Waals surface area (Å²) in [5.41, 5.74) is 7.62. The van der Waals surface area contributed by atoms with E-state index in [9.17, 15) is 4.79 Å². The van der Waals surface area contributed by atoms with E-state index in [-0.39, 0.29) is 5.91 Å². The van der Waals surface area contributed by atoms with Crippen LogP contribution in [0, 0.1) is 18.3 Å². The second-order valence-electron chi connectivity index (χ2n) is 3.64. The van der Waals surface area contributed by atoms with E-state index in [4.69, 9.17) is 11.0 Å². The molecule has 0 heterocycles. The summed E-state index contributed by atoms with van der Waals surface area (Å²) in [5, 5.41) is 11.9. The fourth-order valence-corrected chi connectivity index (χ4v) is 1.39. The Hall–Kier alpha value is -2.02. The van der Waals surface area contributed by atoms with Crippen LogP contribution in [0.1, 0.15) is 24.0 Å². The van der Waals surface area contributed by atoms with E-state index in [1.807, 2.05) is 19.1 Å². The van der Waals surface area contributed by atoms with Gasteiger partial charge >= 0.3 is 0 Å². The number of rotatable bonds is 5. The van der Waals surface area contributed by atoms with Gasteiger partial charge in [0.15, 0.2) is 0 Å². The van der Waals surface area contributed by atoms with Crippen LogP contribution in [0.5, 0.6) is 0 Å². The first kappa shape index (κ1) is 12.1. The van der Waals surface area contributed by atoms with Crippen molar-refractivity contribution in [3.05, 3.63) is 29.3 Å². The van der Waals surface area contributed by atoms with Gasteiger partial charge in [0.25, 0.3) is 0 Å². The highest BCUT2D eigenvalue weighted by molar-refractivity contribution is 5.73. The number of amides is 1. The molecule has 0 unspecified atom stereocenters. The van der Waals surface area contributed by atoms with Crippen LogP contribution >= 0.6 is 0 Å². The average Bonchev–Trinajstić information content (AvgIpc) is 2.24. The number of primary amides is 1. The Bertz CT molecular complexity index is 421. The normalized spacial score (nSPS) is 9.50. The lowest BCUT2D eigenvalue weighted by atomic mass is 10.1. The van der Waals surface area contributed by atoms with Gasteiger partial charge in [0.2, 0.25) is 5.91 Å². The molecule has 1 amide bonds. The first-order valence-corrected chi connectivity index (χ1v) is 5.16. The van der Waals surface area contributed by atoms with Gasteiger partial charge in [-0.2, -0.15) is 5.26 Å². The van der Waals surface area contributed by atoms with E-state index in [2.05, 4.69) is 11.4 Å². The first-order valence-electron chi connectivity index (χ1n) is 5.16. The molecule has 4 heteroatoms. The highest BCUT2D eigenvalue weighted by Crippen LogP contribution is 2.14. The molecule has 0 radical (unpaired) electrons. The zero-order chi connectivity index (χ0) is 12.0. The van der Waals surface area contributed by atoms with Crippen LogP contribution in [0.4, 0.5) is 5.69 Å². The molecule has 16 heavy (non-hydrogen) atoms. The lowest BCUT2D eigenvalue weighted by molar-refractivity contribution is -0.118. The Kier molecular flexibility index (Phi) is 4.34. The molecule has 0 aliphatic carbocycles. The number of nitriles is 1. The Morgan fingerprint density at radius 1 is 1.56 bits per heavy atom. The molecule has 1 aromatic carbocycles. The number of carbonyl (C=O) groups is 1. The van der Waals surface area contributed by atoms with E-state index in [0.29, 0.717) is 24.9 Å². The van der Waals surface area contributed by atoms with E-state index < -0.39 is 0 Å². The van der Waals surface area contributed by atoms with Crippen molar-refractivity contribution in [2.24, 2.45) is 5.73 Å². The number of nitrogens with one attached hydrogen (secondary N) is 1. The van der Waals surface area contributed by atoms with Gasteiger partial charge < -0.3 is 11.1 Å². The van der Waals surface area contributed by atoms with E-state index >= 15 is 0 Å². The largest absolute Gasteiger partial charge is 0.385 e. The number of anilines is 1.